The molecule has 1 unspecified atom stereocenters. The second-order valence-corrected chi connectivity index (χ2v) is 7.02. The summed E-state index contributed by atoms with van der Waals surface area (Å²) in [6.07, 6.45) is 7.34. The van der Waals surface area contributed by atoms with Crippen molar-refractivity contribution in [1.82, 2.24) is 25.3 Å². The van der Waals surface area contributed by atoms with E-state index in [1.165, 1.54) is 24.9 Å². The van der Waals surface area contributed by atoms with Crippen molar-refractivity contribution in [2.24, 2.45) is 4.99 Å². The van der Waals surface area contributed by atoms with Crippen molar-refractivity contribution in [3.05, 3.63) is 54.4 Å². The molecule has 2 aromatic rings. The van der Waals surface area contributed by atoms with Crippen LogP contribution in [0, 0.1) is 0 Å². The summed E-state index contributed by atoms with van der Waals surface area (Å²) < 4.78 is 1.96. The van der Waals surface area contributed by atoms with E-state index in [9.17, 15) is 0 Å². The molecular formula is C21H33IN6. The van der Waals surface area contributed by atoms with Gasteiger partial charge in [-0.15, -0.1) is 24.0 Å². The maximum atomic E-state index is 4.85. The van der Waals surface area contributed by atoms with Crippen molar-refractivity contribution in [2.45, 2.75) is 45.3 Å². The van der Waals surface area contributed by atoms with Crippen molar-refractivity contribution in [3.8, 4) is 0 Å². The zero-order valence-electron chi connectivity index (χ0n) is 16.8. The molecule has 1 aliphatic rings. The zero-order valence-corrected chi connectivity index (χ0v) is 19.1. The molecule has 1 fully saturated rings. The van der Waals surface area contributed by atoms with E-state index in [-0.39, 0.29) is 24.0 Å². The van der Waals surface area contributed by atoms with Gasteiger partial charge >= 0.3 is 0 Å². The molecule has 2 N–H and O–H groups in total. The largest absolute Gasteiger partial charge is 0.357 e. The molecule has 1 saturated heterocycles. The number of hydrogen-bond donors (Lipinski definition) is 2. The average Bonchev–Trinajstić information content (AvgIpc) is 3.36. The standard InChI is InChI=1S/C21H32N6.HI/c1-2-22-21(23-12-7-15-27-16-8-13-25-27)24-17-20-11-6-14-26(20)18-19-9-4-3-5-10-19;/h3-5,8-10,13,16,20H,2,6-7,11-12,14-15,17-18H2,1H3,(H2,22,23,24);1H. The lowest BCUT2D eigenvalue weighted by Crippen LogP contribution is -2.39. The molecule has 0 bridgehead atoms. The number of likely N-dealkylation sites (tertiary alicyclic amines) is 1. The fourth-order valence-electron chi connectivity index (χ4n) is 3.55. The monoisotopic (exact) mass is 496 g/mol. The summed E-state index contributed by atoms with van der Waals surface area (Å²) in [5.74, 6) is 0.921. The summed E-state index contributed by atoms with van der Waals surface area (Å²) >= 11 is 0. The van der Waals surface area contributed by atoms with Crippen LogP contribution in [0.2, 0.25) is 0 Å². The van der Waals surface area contributed by atoms with Gasteiger partial charge in [-0.3, -0.25) is 14.6 Å². The summed E-state index contributed by atoms with van der Waals surface area (Å²) in [5, 5.41) is 11.1. The molecule has 0 radical (unpaired) electrons. The van der Waals surface area contributed by atoms with E-state index in [4.69, 9.17) is 4.99 Å². The van der Waals surface area contributed by atoms with Crippen LogP contribution in [0.3, 0.4) is 0 Å². The minimum atomic E-state index is 0. The fraction of sp³-hybridized carbons (Fsp3) is 0.524. The van der Waals surface area contributed by atoms with Crippen molar-refractivity contribution in [2.75, 3.05) is 26.2 Å². The molecule has 1 aromatic heterocycles. The van der Waals surface area contributed by atoms with Gasteiger partial charge in [0, 0.05) is 44.6 Å². The van der Waals surface area contributed by atoms with Gasteiger partial charge < -0.3 is 10.6 Å². The van der Waals surface area contributed by atoms with E-state index in [0.717, 1.165) is 45.1 Å². The molecule has 0 amide bonds. The third-order valence-electron chi connectivity index (χ3n) is 4.95. The first-order valence-corrected chi connectivity index (χ1v) is 10.1. The number of nitrogens with one attached hydrogen (secondary N) is 2. The molecule has 0 saturated carbocycles. The Morgan fingerprint density at radius 2 is 2.07 bits per heavy atom. The summed E-state index contributed by atoms with van der Waals surface area (Å²) in [7, 11) is 0. The van der Waals surface area contributed by atoms with Crippen LogP contribution in [0.4, 0.5) is 0 Å². The van der Waals surface area contributed by atoms with E-state index in [1.807, 2.05) is 23.1 Å². The summed E-state index contributed by atoms with van der Waals surface area (Å²) in [6, 6.07) is 13.2. The molecule has 1 aliphatic heterocycles. The summed E-state index contributed by atoms with van der Waals surface area (Å²) in [4.78, 5) is 7.42. The van der Waals surface area contributed by atoms with Gasteiger partial charge in [0.05, 0.1) is 6.54 Å². The predicted molar refractivity (Wildman–Crippen MR) is 126 cm³/mol. The molecule has 6 nitrogen and oxygen atoms in total. The smallest absolute Gasteiger partial charge is 0.191 e. The summed E-state index contributed by atoms with van der Waals surface area (Å²) in [5.41, 5.74) is 1.39. The Balaban J connectivity index is 0.00000280. The maximum Gasteiger partial charge on any atom is 0.191 e. The van der Waals surface area contributed by atoms with Gasteiger partial charge in [-0.05, 0) is 44.4 Å². The highest BCUT2D eigenvalue weighted by Crippen LogP contribution is 2.20. The van der Waals surface area contributed by atoms with E-state index >= 15 is 0 Å². The molecule has 2 heterocycles. The zero-order chi connectivity index (χ0) is 18.7. The second kappa shape index (κ2) is 12.8. The molecule has 0 spiro atoms. The van der Waals surface area contributed by atoms with E-state index < -0.39 is 0 Å². The topological polar surface area (TPSA) is 57.5 Å². The van der Waals surface area contributed by atoms with Gasteiger partial charge in [0.25, 0.3) is 0 Å². The van der Waals surface area contributed by atoms with E-state index in [1.54, 1.807) is 0 Å². The first-order chi connectivity index (χ1) is 13.3. The highest BCUT2D eigenvalue weighted by atomic mass is 127. The van der Waals surface area contributed by atoms with Crippen LogP contribution in [0.5, 0.6) is 0 Å². The number of aryl methyl sites for hydroxylation is 1. The first kappa shape index (κ1) is 22.7. The molecule has 7 heteroatoms. The number of nitrogens with zero attached hydrogens (tertiary/aromatic N) is 4. The van der Waals surface area contributed by atoms with Gasteiger partial charge in [0.15, 0.2) is 5.96 Å². The van der Waals surface area contributed by atoms with Crippen molar-refractivity contribution < 1.29 is 0 Å². The van der Waals surface area contributed by atoms with Crippen LogP contribution in [0.25, 0.3) is 0 Å². The van der Waals surface area contributed by atoms with E-state index in [2.05, 4.69) is 57.9 Å². The van der Waals surface area contributed by atoms with Crippen LogP contribution in [-0.4, -0.2) is 52.9 Å². The number of guanidine groups is 1. The van der Waals surface area contributed by atoms with Crippen molar-refractivity contribution in [1.29, 1.82) is 0 Å². The SMILES string of the molecule is CCNC(=NCC1CCCN1Cc1ccccc1)NCCCn1cccn1.I. The van der Waals surface area contributed by atoms with Crippen LogP contribution in [-0.2, 0) is 13.1 Å². The van der Waals surface area contributed by atoms with Crippen LogP contribution in [0.15, 0.2) is 53.8 Å². The van der Waals surface area contributed by atoms with Gasteiger partial charge in [0.2, 0.25) is 0 Å². The normalized spacial score (nSPS) is 17.3. The minimum absolute atomic E-state index is 0. The highest BCUT2D eigenvalue weighted by Gasteiger charge is 2.24. The maximum absolute atomic E-state index is 4.85. The Morgan fingerprint density at radius 3 is 2.82 bits per heavy atom. The quantitative estimate of drug-likeness (QED) is 0.243. The average molecular weight is 496 g/mol. The third-order valence-corrected chi connectivity index (χ3v) is 4.95. The number of benzene rings is 1. The Bertz CT molecular complexity index is 673. The number of rotatable bonds is 9. The number of hydrogen-bond acceptors (Lipinski definition) is 3. The number of halogens is 1. The first-order valence-electron chi connectivity index (χ1n) is 10.1. The Hall–Kier alpha value is -1.61. The van der Waals surface area contributed by atoms with E-state index in [0.29, 0.717) is 6.04 Å². The third kappa shape index (κ3) is 7.43. The molecule has 1 aromatic carbocycles. The van der Waals surface area contributed by atoms with Crippen LogP contribution < -0.4 is 10.6 Å². The van der Waals surface area contributed by atoms with Gasteiger partial charge in [0.1, 0.15) is 0 Å². The van der Waals surface area contributed by atoms with Gasteiger partial charge in [-0.25, -0.2) is 0 Å². The lowest BCUT2D eigenvalue weighted by Gasteiger charge is -2.23. The Morgan fingerprint density at radius 1 is 1.21 bits per heavy atom. The lowest BCUT2D eigenvalue weighted by molar-refractivity contribution is 0.250. The molecule has 154 valence electrons. The van der Waals surface area contributed by atoms with Crippen molar-refractivity contribution in [3.63, 3.8) is 0 Å². The fourth-order valence-corrected chi connectivity index (χ4v) is 3.55. The van der Waals surface area contributed by atoms with Crippen LogP contribution in [0.1, 0.15) is 31.7 Å². The molecule has 28 heavy (non-hydrogen) atoms. The lowest BCUT2D eigenvalue weighted by atomic mass is 10.2. The molecule has 0 aliphatic carbocycles. The van der Waals surface area contributed by atoms with Gasteiger partial charge in [-0.2, -0.15) is 5.10 Å². The van der Waals surface area contributed by atoms with Crippen LogP contribution >= 0.6 is 24.0 Å². The number of aromatic nitrogens is 2. The molecule has 1 atom stereocenters. The highest BCUT2D eigenvalue weighted by molar-refractivity contribution is 14.0. The minimum Gasteiger partial charge on any atom is -0.357 e. The van der Waals surface area contributed by atoms with Crippen molar-refractivity contribution >= 4 is 29.9 Å². The second-order valence-electron chi connectivity index (χ2n) is 7.02. The number of aliphatic imine (C=N–C) groups is 1. The Labute approximate surface area is 185 Å². The molecule has 3 rings (SSSR count). The predicted octanol–water partition coefficient (Wildman–Crippen LogP) is 3.11. The Kier molecular flexibility index (Phi) is 10.3. The van der Waals surface area contributed by atoms with Gasteiger partial charge in [-0.1, -0.05) is 30.3 Å². The summed E-state index contributed by atoms with van der Waals surface area (Å²) in [6.45, 7) is 7.84. The molecular weight excluding hydrogens is 463 g/mol.